The van der Waals surface area contributed by atoms with Crippen LogP contribution in [-0.4, -0.2) is 61.0 Å². The third kappa shape index (κ3) is 5.28. The fourth-order valence-electron chi connectivity index (χ4n) is 3.66. The molecule has 0 spiro atoms. The molecule has 0 bridgehead atoms. The number of pyridine rings is 1. The number of nitrogens with one attached hydrogen (secondary N) is 1. The molecule has 7 nitrogen and oxygen atoms in total. The predicted molar refractivity (Wildman–Crippen MR) is 122 cm³/mol. The summed E-state index contributed by atoms with van der Waals surface area (Å²) in [6.07, 6.45) is 6.61. The minimum absolute atomic E-state index is 0. The van der Waals surface area contributed by atoms with Crippen LogP contribution in [0.2, 0.25) is 0 Å². The lowest BCUT2D eigenvalue weighted by atomic mass is 10.2. The number of sulfone groups is 1. The maximum atomic E-state index is 12.2. The highest BCUT2D eigenvalue weighted by atomic mass is 127. The second-order valence-corrected chi connectivity index (χ2v) is 10.6. The van der Waals surface area contributed by atoms with Gasteiger partial charge in [-0.1, -0.05) is 6.07 Å². The van der Waals surface area contributed by atoms with Crippen molar-refractivity contribution in [3.05, 3.63) is 23.9 Å². The van der Waals surface area contributed by atoms with E-state index in [1.807, 2.05) is 17.0 Å². The van der Waals surface area contributed by atoms with Crippen molar-refractivity contribution in [2.75, 3.05) is 25.9 Å². The highest BCUT2D eigenvalue weighted by Crippen LogP contribution is 2.26. The molecule has 2 fully saturated rings. The Labute approximate surface area is 185 Å². The van der Waals surface area contributed by atoms with Crippen LogP contribution < -0.4 is 10.1 Å². The van der Waals surface area contributed by atoms with E-state index in [4.69, 9.17) is 4.74 Å². The van der Waals surface area contributed by atoms with Crippen LogP contribution in [0.25, 0.3) is 0 Å². The van der Waals surface area contributed by atoms with Crippen molar-refractivity contribution in [2.24, 2.45) is 4.99 Å². The van der Waals surface area contributed by atoms with Gasteiger partial charge in [-0.2, -0.15) is 0 Å². The molecule has 0 radical (unpaired) electrons. The summed E-state index contributed by atoms with van der Waals surface area (Å²) in [7, 11) is -1.36. The molecule has 1 aliphatic heterocycles. The van der Waals surface area contributed by atoms with Crippen LogP contribution in [0.1, 0.15) is 45.1 Å². The van der Waals surface area contributed by atoms with Crippen LogP contribution >= 0.6 is 24.0 Å². The Bertz CT molecular complexity index is 792. The average molecular weight is 522 g/mol. The van der Waals surface area contributed by atoms with Gasteiger partial charge >= 0.3 is 0 Å². The molecular formula is C19H31IN4O3S. The first-order valence-electron chi connectivity index (χ1n) is 9.61. The standard InChI is InChI=1S/C19H30N4O3S.HI/c1-19(2)14-23(11-12-27(19,24)25)18(20-3)22-13-15-7-6-10-21-17(15)26-16-8-4-5-9-16;/h6-7,10,16H,4-5,8-9,11-14H2,1-3H3,(H,20,22);1H. The summed E-state index contributed by atoms with van der Waals surface area (Å²) in [5, 5.41) is 3.35. The molecule has 28 heavy (non-hydrogen) atoms. The first-order valence-corrected chi connectivity index (χ1v) is 11.3. The number of hydrogen-bond donors (Lipinski definition) is 1. The summed E-state index contributed by atoms with van der Waals surface area (Å²) in [5.41, 5.74) is 0.981. The van der Waals surface area contributed by atoms with Crippen molar-refractivity contribution < 1.29 is 13.2 Å². The third-order valence-electron chi connectivity index (χ3n) is 5.42. The number of aliphatic imine (C=N–C) groups is 1. The molecule has 1 aliphatic carbocycles. The molecule has 2 aliphatic rings. The maximum absolute atomic E-state index is 12.2. The van der Waals surface area contributed by atoms with Gasteiger partial charge in [-0.25, -0.2) is 13.4 Å². The van der Waals surface area contributed by atoms with Crippen LogP contribution in [-0.2, 0) is 16.4 Å². The Morgan fingerprint density at radius 2 is 2.11 bits per heavy atom. The number of nitrogens with zero attached hydrogens (tertiary/aromatic N) is 3. The lowest BCUT2D eigenvalue weighted by molar-refractivity contribution is 0.199. The van der Waals surface area contributed by atoms with E-state index in [1.165, 1.54) is 12.8 Å². The fourth-order valence-corrected chi connectivity index (χ4v) is 5.03. The van der Waals surface area contributed by atoms with Gasteiger partial charge in [-0.15, -0.1) is 24.0 Å². The molecule has 0 atom stereocenters. The minimum atomic E-state index is -3.08. The van der Waals surface area contributed by atoms with Crippen LogP contribution in [0.15, 0.2) is 23.3 Å². The molecule has 2 heterocycles. The fraction of sp³-hybridized carbons (Fsp3) is 0.684. The number of guanidine groups is 1. The Morgan fingerprint density at radius 3 is 2.75 bits per heavy atom. The molecule has 9 heteroatoms. The quantitative estimate of drug-likeness (QED) is 0.372. The smallest absolute Gasteiger partial charge is 0.218 e. The van der Waals surface area contributed by atoms with E-state index in [0.29, 0.717) is 31.5 Å². The Morgan fingerprint density at radius 1 is 1.39 bits per heavy atom. The Hall–Kier alpha value is -1.10. The minimum Gasteiger partial charge on any atom is -0.474 e. The van der Waals surface area contributed by atoms with Gasteiger partial charge in [0.25, 0.3) is 0 Å². The molecule has 158 valence electrons. The number of rotatable bonds is 4. The summed E-state index contributed by atoms with van der Waals surface area (Å²) in [4.78, 5) is 10.8. The van der Waals surface area contributed by atoms with Crippen molar-refractivity contribution in [3.8, 4) is 5.88 Å². The largest absolute Gasteiger partial charge is 0.474 e. The maximum Gasteiger partial charge on any atom is 0.218 e. The van der Waals surface area contributed by atoms with E-state index in [0.717, 1.165) is 18.4 Å². The SMILES string of the molecule is CN=C(NCc1cccnc1OC1CCCC1)N1CCS(=O)(=O)C(C)(C)C1.I. The van der Waals surface area contributed by atoms with Gasteiger partial charge in [0.05, 0.1) is 10.5 Å². The first kappa shape index (κ1) is 23.2. The zero-order valence-electron chi connectivity index (χ0n) is 16.8. The average Bonchev–Trinajstić information content (AvgIpc) is 3.13. The summed E-state index contributed by atoms with van der Waals surface area (Å²) in [5.74, 6) is 1.52. The van der Waals surface area contributed by atoms with E-state index in [-0.39, 0.29) is 35.8 Å². The number of halogens is 1. The summed E-state index contributed by atoms with van der Waals surface area (Å²) in [6.45, 7) is 4.95. The predicted octanol–water partition coefficient (Wildman–Crippen LogP) is 2.61. The molecule has 1 aromatic heterocycles. The summed E-state index contributed by atoms with van der Waals surface area (Å²) in [6, 6.07) is 3.90. The van der Waals surface area contributed by atoms with Crippen LogP contribution in [0.3, 0.4) is 0 Å². The lowest BCUT2D eigenvalue weighted by Crippen LogP contribution is -2.57. The van der Waals surface area contributed by atoms with E-state index in [2.05, 4.69) is 15.3 Å². The van der Waals surface area contributed by atoms with Crippen molar-refractivity contribution >= 4 is 39.8 Å². The molecular weight excluding hydrogens is 491 g/mol. The van der Waals surface area contributed by atoms with Crippen molar-refractivity contribution in [1.29, 1.82) is 0 Å². The van der Waals surface area contributed by atoms with Crippen LogP contribution in [0, 0.1) is 0 Å². The monoisotopic (exact) mass is 522 g/mol. The van der Waals surface area contributed by atoms with Gasteiger partial charge in [-0.05, 0) is 45.6 Å². The van der Waals surface area contributed by atoms with Crippen molar-refractivity contribution in [1.82, 2.24) is 15.2 Å². The molecule has 1 aromatic rings. The van der Waals surface area contributed by atoms with E-state index < -0.39 is 14.6 Å². The number of ether oxygens (including phenoxy) is 1. The van der Waals surface area contributed by atoms with Crippen molar-refractivity contribution in [2.45, 2.75) is 56.9 Å². The molecule has 1 saturated carbocycles. The second-order valence-electron chi connectivity index (χ2n) is 7.89. The highest BCUT2D eigenvalue weighted by Gasteiger charge is 2.40. The van der Waals surface area contributed by atoms with Gasteiger partial charge in [0.15, 0.2) is 15.8 Å². The van der Waals surface area contributed by atoms with E-state index in [1.54, 1.807) is 27.1 Å². The molecule has 1 saturated heterocycles. The molecule has 3 rings (SSSR count). The third-order valence-corrected chi connectivity index (χ3v) is 7.96. The number of hydrogen-bond acceptors (Lipinski definition) is 5. The van der Waals surface area contributed by atoms with Gasteiger partial charge in [-0.3, -0.25) is 4.99 Å². The Kier molecular flexibility index (Phi) is 7.95. The summed E-state index contributed by atoms with van der Waals surface area (Å²) >= 11 is 0. The van der Waals surface area contributed by atoms with Gasteiger partial charge in [0, 0.05) is 38.4 Å². The molecule has 0 amide bonds. The number of aromatic nitrogens is 1. The second kappa shape index (κ2) is 9.60. The Balaban J connectivity index is 0.00000280. The first-order chi connectivity index (χ1) is 12.8. The zero-order chi connectivity index (χ0) is 19.5. The van der Waals surface area contributed by atoms with Gasteiger partial charge < -0.3 is 15.0 Å². The van der Waals surface area contributed by atoms with Gasteiger partial charge in [0.2, 0.25) is 5.88 Å². The van der Waals surface area contributed by atoms with Gasteiger partial charge in [0.1, 0.15) is 6.10 Å². The van der Waals surface area contributed by atoms with Crippen LogP contribution in [0.5, 0.6) is 5.88 Å². The topological polar surface area (TPSA) is 83.9 Å². The molecule has 0 aromatic carbocycles. The zero-order valence-corrected chi connectivity index (χ0v) is 20.0. The van der Waals surface area contributed by atoms with E-state index >= 15 is 0 Å². The highest BCUT2D eigenvalue weighted by molar-refractivity contribution is 14.0. The van der Waals surface area contributed by atoms with Crippen molar-refractivity contribution in [3.63, 3.8) is 0 Å². The molecule has 0 unspecified atom stereocenters. The summed E-state index contributed by atoms with van der Waals surface area (Å²) < 4.78 is 29.8. The normalized spacial score (nSPS) is 21.8. The van der Waals surface area contributed by atoms with E-state index in [9.17, 15) is 8.42 Å². The molecule has 1 N–H and O–H groups in total. The lowest BCUT2D eigenvalue weighted by Gasteiger charge is -2.39. The van der Waals surface area contributed by atoms with Crippen LogP contribution in [0.4, 0.5) is 0 Å².